The van der Waals surface area contributed by atoms with Crippen molar-refractivity contribution in [2.75, 3.05) is 6.54 Å². The Labute approximate surface area is 187 Å². The van der Waals surface area contributed by atoms with Gasteiger partial charge in [0.15, 0.2) is 4.67 Å². The second-order valence-corrected chi connectivity index (χ2v) is 8.21. The molecule has 0 saturated heterocycles. The second-order valence-electron chi connectivity index (χ2n) is 7.43. The molecule has 0 aliphatic heterocycles. The maximum absolute atomic E-state index is 13.4. The molecule has 0 spiro atoms. The van der Waals surface area contributed by atoms with Crippen molar-refractivity contribution in [3.8, 4) is 0 Å². The van der Waals surface area contributed by atoms with Crippen LogP contribution in [0.1, 0.15) is 21.8 Å². The van der Waals surface area contributed by atoms with Gasteiger partial charge in [-0.2, -0.15) is 0 Å². The number of halogens is 1. The van der Waals surface area contributed by atoms with E-state index in [0.29, 0.717) is 23.5 Å². The number of furan rings is 1. The summed E-state index contributed by atoms with van der Waals surface area (Å²) in [6.07, 6.45) is 2.75. The number of aromatic nitrogens is 2. The molecule has 5 nitrogen and oxygen atoms in total. The van der Waals surface area contributed by atoms with E-state index in [0.717, 1.165) is 28.6 Å². The van der Waals surface area contributed by atoms with Crippen LogP contribution in [0.4, 0.5) is 0 Å². The number of benzene rings is 2. The molecule has 0 atom stereocenters. The van der Waals surface area contributed by atoms with Crippen molar-refractivity contribution in [3.63, 3.8) is 0 Å². The Morgan fingerprint density at radius 1 is 1.00 bits per heavy atom. The highest BCUT2D eigenvalue weighted by Gasteiger charge is 2.20. The molecule has 3 heterocycles. The summed E-state index contributed by atoms with van der Waals surface area (Å²) >= 11 is 3.34. The lowest BCUT2D eigenvalue weighted by Gasteiger charge is -2.21. The molecule has 0 unspecified atom stereocenters. The molecule has 0 aliphatic rings. The first-order valence-corrected chi connectivity index (χ1v) is 10.9. The van der Waals surface area contributed by atoms with Crippen LogP contribution in [0.3, 0.4) is 0 Å². The minimum Gasteiger partial charge on any atom is -0.452 e. The van der Waals surface area contributed by atoms with Gasteiger partial charge in [-0.1, -0.05) is 42.5 Å². The summed E-state index contributed by atoms with van der Waals surface area (Å²) in [7, 11) is 0. The zero-order valence-electron chi connectivity index (χ0n) is 16.7. The maximum atomic E-state index is 13.4. The summed E-state index contributed by atoms with van der Waals surface area (Å²) in [4.78, 5) is 23.1. The van der Waals surface area contributed by atoms with E-state index in [9.17, 15) is 4.79 Å². The van der Waals surface area contributed by atoms with Crippen molar-refractivity contribution in [2.45, 2.75) is 13.0 Å². The fourth-order valence-corrected chi connectivity index (χ4v) is 4.16. The number of hydrogen-bond acceptors (Lipinski definition) is 3. The van der Waals surface area contributed by atoms with Crippen molar-refractivity contribution in [1.29, 1.82) is 0 Å². The first-order valence-electron chi connectivity index (χ1n) is 10.1. The van der Waals surface area contributed by atoms with Crippen LogP contribution in [0.25, 0.3) is 21.8 Å². The Hall–Kier alpha value is -3.38. The smallest absolute Gasteiger partial charge is 0.272 e. The molecule has 3 aromatic heterocycles. The predicted molar refractivity (Wildman–Crippen MR) is 125 cm³/mol. The van der Waals surface area contributed by atoms with Gasteiger partial charge in [0.05, 0.1) is 12.1 Å². The normalized spacial score (nSPS) is 11.3. The topological polar surface area (TPSA) is 62.1 Å². The van der Waals surface area contributed by atoms with Gasteiger partial charge in [0.2, 0.25) is 0 Å². The number of H-pyrrole nitrogens is 1. The standard InChI is InChI=1S/C25H20BrN3O2/c26-24-12-10-19(31-24)16-29(14-13-18-15-27-22-8-4-2-6-20(18)22)25(30)23-11-9-17-5-1-3-7-21(17)28-23/h1-12,15,27H,13-14,16H2. The summed E-state index contributed by atoms with van der Waals surface area (Å²) in [5, 5.41) is 2.19. The van der Waals surface area contributed by atoms with Gasteiger partial charge in [0, 0.05) is 29.0 Å². The van der Waals surface area contributed by atoms with Gasteiger partial charge in [-0.15, -0.1) is 0 Å². The number of nitrogens with zero attached hydrogens (tertiary/aromatic N) is 2. The van der Waals surface area contributed by atoms with Gasteiger partial charge in [0.1, 0.15) is 11.5 Å². The molecule has 31 heavy (non-hydrogen) atoms. The average molecular weight is 474 g/mol. The SMILES string of the molecule is O=C(c1ccc2ccccc2n1)N(CCc1c[nH]c2ccccc12)Cc1ccc(Br)o1. The second kappa shape index (κ2) is 8.40. The van der Waals surface area contributed by atoms with E-state index in [1.54, 1.807) is 11.0 Å². The van der Waals surface area contributed by atoms with E-state index in [1.165, 1.54) is 10.9 Å². The number of pyridine rings is 1. The van der Waals surface area contributed by atoms with E-state index in [1.807, 2.05) is 60.8 Å². The van der Waals surface area contributed by atoms with Crippen molar-refractivity contribution >= 4 is 43.6 Å². The molecule has 0 saturated carbocycles. The summed E-state index contributed by atoms with van der Waals surface area (Å²) in [6, 6.07) is 23.5. The number of amides is 1. The molecular formula is C25H20BrN3O2. The molecule has 0 aliphatic carbocycles. The molecule has 1 N–H and O–H groups in total. The van der Waals surface area contributed by atoms with E-state index in [-0.39, 0.29) is 5.91 Å². The molecule has 6 heteroatoms. The third kappa shape index (κ3) is 4.11. The van der Waals surface area contributed by atoms with Gasteiger partial charge in [-0.3, -0.25) is 4.79 Å². The quantitative estimate of drug-likeness (QED) is 0.331. The van der Waals surface area contributed by atoms with Crippen LogP contribution in [-0.2, 0) is 13.0 Å². The number of para-hydroxylation sites is 2. The molecule has 0 bridgehead atoms. The van der Waals surface area contributed by atoms with Crippen molar-refractivity contribution in [2.24, 2.45) is 0 Å². The fourth-order valence-electron chi connectivity index (χ4n) is 3.82. The minimum atomic E-state index is -0.113. The molecule has 5 aromatic rings. The van der Waals surface area contributed by atoms with E-state index in [2.05, 4.69) is 38.0 Å². The number of hydrogen-bond donors (Lipinski definition) is 1. The minimum absolute atomic E-state index is 0.113. The maximum Gasteiger partial charge on any atom is 0.272 e. The Kier molecular flexibility index (Phi) is 5.30. The number of carbonyl (C=O) groups is 1. The number of nitrogens with one attached hydrogen (secondary N) is 1. The highest BCUT2D eigenvalue weighted by Crippen LogP contribution is 2.21. The summed E-state index contributed by atoms with van der Waals surface area (Å²) in [5.41, 5.74) is 3.52. The first-order chi connectivity index (χ1) is 15.2. The van der Waals surface area contributed by atoms with Crippen LogP contribution in [0.15, 0.2) is 88.1 Å². The summed E-state index contributed by atoms with van der Waals surface area (Å²) in [5.74, 6) is 0.609. The van der Waals surface area contributed by atoms with Crippen LogP contribution >= 0.6 is 15.9 Å². The fraction of sp³-hybridized carbons (Fsp3) is 0.120. The first kappa shape index (κ1) is 19.6. The Balaban J connectivity index is 1.43. The van der Waals surface area contributed by atoms with Crippen molar-refractivity contribution in [3.05, 3.63) is 101 Å². The molecule has 5 rings (SSSR count). The highest BCUT2D eigenvalue weighted by atomic mass is 79.9. The lowest BCUT2D eigenvalue weighted by atomic mass is 10.1. The Morgan fingerprint density at radius 3 is 2.71 bits per heavy atom. The van der Waals surface area contributed by atoms with Gasteiger partial charge in [-0.05, 0) is 58.2 Å². The monoisotopic (exact) mass is 473 g/mol. The van der Waals surface area contributed by atoms with Crippen LogP contribution in [0.2, 0.25) is 0 Å². The van der Waals surface area contributed by atoms with E-state index in [4.69, 9.17) is 4.42 Å². The van der Waals surface area contributed by atoms with Crippen LogP contribution in [0.5, 0.6) is 0 Å². The Bertz CT molecular complexity index is 1370. The summed E-state index contributed by atoms with van der Waals surface area (Å²) in [6.45, 7) is 0.925. The van der Waals surface area contributed by atoms with E-state index < -0.39 is 0 Å². The molecule has 154 valence electrons. The largest absolute Gasteiger partial charge is 0.452 e. The third-order valence-corrected chi connectivity index (χ3v) is 5.83. The highest BCUT2D eigenvalue weighted by molar-refractivity contribution is 9.10. The summed E-state index contributed by atoms with van der Waals surface area (Å²) < 4.78 is 6.32. The lowest BCUT2D eigenvalue weighted by Crippen LogP contribution is -2.33. The van der Waals surface area contributed by atoms with Gasteiger partial charge >= 0.3 is 0 Å². The van der Waals surface area contributed by atoms with Gasteiger partial charge < -0.3 is 14.3 Å². The predicted octanol–water partition coefficient (Wildman–Crippen LogP) is 5.96. The van der Waals surface area contributed by atoms with Crippen molar-refractivity contribution in [1.82, 2.24) is 14.9 Å². The zero-order chi connectivity index (χ0) is 21.2. The van der Waals surface area contributed by atoms with Gasteiger partial charge in [0.25, 0.3) is 5.91 Å². The molecule has 1 amide bonds. The molecular weight excluding hydrogens is 454 g/mol. The number of aromatic amines is 1. The van der Waals surface area contributed by atoms with E-state index >= 15 is 0 Å². The lowest BCUT2D eigenvalue weighted by molar-refractivity contribution is 0.0727. The average Bonchev–Trinajstić information content (AvgIpc) is 3.41. The molecule has 0 radical (unpaired) electrons. The van der Waals surface area contributed by atoms with Gasteiger partial charge in [-0.25, -0.2) is 4.98 Å². The molecule has 2 aromatic carbocycles. The number of fused-ring (bicyclic) bond motifs is 2. The third-order valence-electron chi connectivity index (χ3n) is 5.41. The Morgan fingerprint density at radius 2 is 1.84 bits per heavy atom. The number of carbonyl (C=O) groups excluding carboxylic acids is 1. The zero-order valence-corrected chi connectivity index (χ0v) is 18.3. The number of rotatable bonds is 6. The van der Waals surface area contributed by atoms with Crippen molar-refractivity contribution < 1.29 is 9.21 Å². The molecule has 0 fully saturated rings. The van der Waals surface area contributed by atoms with Crippen LogP contribution < -0.4 is 0 Å². The van der Waals surface area contributed by atoms with Crippen LogP contribution in [0, 0.1) is 0 Å². The van der Waals surface area contributed by atoms with Crippen LogP contribution in [-0.4, -0.2) is 27.3 Å².